The van der Waals surface area contributed by atoms with Crippen LogP contribution in [0.3, 0.4) is 0 Å². The summed E-state index contributed by atoms with van der Waals surface area (Å²) in [5.74, 6) is 0.553. The van der Waals surface area contributed by atoms with Gasteiger partial charge < -0.3 is 5.73 Å². The zero-order valence-corrected chi connectivity index (χ0v) is 5.30. The molecule has 0 saturated heterocycles. The summed E-state index contributed by atoms with van der Waals surface area (Å²) in [6.07, 6.45) is 2.34. The van der Waals surface area contributed by atoms with E-state index in [1.165, 1.54) is 12.8 Å². The average Bonchev–Trinajstić information content (AvgIpc) is 2.66. The molecule has 1 atom stereocenters. The monoisotopic (exact) mass is 122 g/mol. The molecule has 2 nitrogen and oxygen atoms in total. The van der Waals surface area contributed by atoms with Gasteiger partial charge in [-0.3, -0.25) is 0 Å². The smallest absolute Gasteiger partial charge is 0.0957 e. The zero-order valence-electron chi connectivity index (χ0n) is 5.30. The second kappa shape index (κ2) is 2.20. The summed E-state index contributed by atoms with van der Waals surface area (Å²) in [5, 5.41) is 8.35. The first-order chi connectivity index (χ1) is 4.25. The molecule has 2 heteroatoms. The van der Waals surface area contributed by atoms with Crippen molar-refractivity contribution in [3.8, 4) is 6.07 Å². The normalized spacial score (nSPS) is 20.4. The highest BCUT2D eigenvalue weighted by Crippen LogP contribution is 2.33. The summed E-state index contributed by atoms with van der Waals surface area (Å²) in [5.41, 5.74) is 6.14. The summed E-state index contributed by atoms with van der Waals surface area (Å²) in [6.45, 7) is 3.55. The lowest BCUT2D eigenvalue weighted by Gasteiger charge is -2.04. The molecule has 0 aliphatic heterocycles. The quantitative estimate of drug-likeness (QED) is 0.551. The Morgan fingerprint density at radius 1 is 1.78 bits per heavy atom. The molecule has 0 aromatic carbocycles. The lowest BCUT2D eigenvalue weighted by Crippen LogP contribution is -2.23. The Morgan fingerprint density at radius 2 is 2.33 bits per heavy atom. The van der Waals surface area contributed by atoms with Crippen LogP contribution in [0.15, 0.2) is 12.2 Å². The van der Waals surface area contributed by atoms with E-state index in [1.54, 1.807) is 0 Å². The first-order valence-electron chi connectivity index (χ1n) is 3.10. The van der Waals surface area contributed by atoms with Gasteiger partial charge in [-0.1, -0.05) is 6.58 Å². The molecule has 1 fully saturated rings. The minimum atomic E-state index is -0.0602. The first kappa shape index (κ1) is 6.31. The van der Waals surface area contributed by atoms with E-state index in [0.29, 0.717) is 11.5 Å². The summed E-state index contributed by atoms with van der Waals surface area (Å²) < 4.78 is 0. The van der Waals surface area contributed by atoms with Crippen LogP contribution >= 0.6 is 0 Å². The third-order valence-electron chi connectivity index (χ3n) is 1.68. The van der Waals surface area contributed by atoms with Crippen LogP contribution in [0.4, 0.5) is 0 Å². The zero-order chi connectivity index (χ0) is 6.85. The fraction of sp³-hybridized carbons (Fsp3) is 0.571. The number of hydrogen-bond acceptors (Lipinski definition) is 2. The maximum Gasteiger partial charge on any atom is 0.0957 e. The predicted molar refractivity (Wildman–Crippen MR) is 35.5 cm³/mol. The van der Waals surface area contributed by atoms with Crippen molar-refractivity contribution < 1.29 is 0 Å². The summed E-state index contributed by atoms with van der Waals surface area (Å²) in [6, 6.07) is 1.91. The molecular weight excluding hydrogens is 112 g/mol. The molecule has 1 rings (SSSR count). The van der Waals surface area contributed by atoms with Gasteiger partial charge in [0, 0.05) is 11.6 Å². The molecule has 1 saturated carbocycles. The molecule has 1 aliphatic rings. The minimum Gasteiger partial charge on any atom is -0.323 e. The van der Waals surface area contributed by atoms with Gasteiger partial charge in [0.15, 0.2) is 0 Å². The maximum atomic E-state index is 8.35. The third kappa shape index (κ3) is 1.30. The Hall–Kier alpha value is -0.810. The fourth-order valence-corrected chi connectivity index (χ4v) is 0.814. The predicted octanol–water partition coefficient (Wildman–Crippen LogP) is 0.803. The maximum absolute atomic E-state index is 8.35. The van der Waals surface area contributed by atoms with Crippen molar-refractivity contribution in [2.75, 3.05) is 0 Å². The highest BCUT2D eigenvalue weighted by molar-refractivity contribution is 5.24. The van der Waals surface area contributed by atoms with E-state index in [-0.39, 0.29) is 6.04 Å². The van der Waals surface area contributed by atoms with Crippen LogP contribution in [-0.2, 0) is 0 Å². The topological polar surface area (TPSA) is 49.8 Å². The molecule has 0 amide bonds. The minimum absolute atomic E-state index is 0.0602. The summed E-state index contributed by atoms with van der Waals surface area (Å²) in [7, 11) is 0. The molecule has 0 heterocycles. The van der Waals surface area contributed by atoms with E-state index in [1.807, 2.05) is 6.07 Å². The van der Waals surface area contributed by atoms with Gasteiger partial charge in [0.2, 0.25) is 0 Å². The van der Waals surface area contributed by atoms with Crippen LogP contribution < -0.4 is 5.73 Å². The van der Waals surface area contributed by atoms with E-state index in [2.05, 4.69) is 6.58 Å². The van der Waals surface area contributed by atoms with Crippen molar-refractivity contribution in [1.82, 2.24) is 0 Å². The van der Waals surface area contributed by atoms with Crippen LogP contribution in [0.2, 0.25) is 0 Å². The van der Waals surface area contributed by atoms with Gasteiger partial charge >= 0.3 is 0 Å². The van der Waals surface area contributed by atoms with E-state index >= 15 is 0 Å². The third-order valence-corrected chi connectivity index (χ3v) is 1.68. The van der Waals surface area contributed by atoms with Crippen molar-refractivity contribution in [2.45, 2.75) is 18.9 Å². The molecule has 0 radical (unpaired) electrons. The van der Waals surface area contributed by atoms with Crippen LogP contribution in [0.25, 0.3) is 0 Å². The number of nitrogens with two attached hydrogens (primary N) is 1. The van der Waals surface area contributed by atoms with Crippen molar-refractivity contribution in [1.29, 1.82) is 5.26 Å². The number of nitriles is 1. The molecule has 1 aliphatic carbocycles. The molecule has 0 spiro atoms. The lowest BCUT2D eigenvalue weighted by molar-refractivity contribution is 0.691. The Labute approximate surface area is 55.0 Å². The highest BCUT2D eigenvalue weighted by Gasteiger charge is 2.29. The summed E-state index contributed by atoms with van der Waals surface area (Å²) >= 11 is 0. The van der Waals surface area contributed by atoms with Crippen LogP contribution in [0, 0.1) is 17.2 Å². The Morgan fingerprint density at radius 3 is 2.67 bits per heavy atom. The van der Waals surface area contributed by atoms with Gasteiger partial charge in [0.25, 0.3) is 0 Å². The molecule has 48 valence electrons. The fourth-order valence-electron chi connectivity index (χ4n) is 0.814. The van der Waals surface area contributed by atoms with Gasteiger partial charge in [-0.05, 0) is 18.8 Å². The van der Waals surface area contributed by atoms with E-state index in [4.69, 9.17) is 11.0 Å². The van der Waals surface area contributed by atoms with Gasteiger partial charge in [-0.25, -0.2) is 0 Å². The molecule has 9 heavy (non-hydrogen) atoms. The van der Waals surface area contributed by atoms with Crippen LogP contribution in [-0.4, -0.2) is 6.04 Å². The van der Waals surface area contributed by atoms with E-state index in [9.17, 15) is 0 Å². The number of rotatable bonds is 2. The van der Waals surface area contributed by atoms with E-state index in [0.717, 1.165) is 0 Å². The largest absolute Gasteiger partial charge is 0.323 e. The van der Waals surface area contributed by atoms with Crippen LogP contribution in [0.1, 0.15) is 12.8 Å². The highest BCUT2D eigenvalue weighted by atomic mass is 14.7. The number of hydrogen-bond donors (Lipinski definition) is 1. The van der Waals surface area contributed by atoms with Gasteiger partial charge in [0.05, 0.1) is 6.07 Å². The number of nitrogens with zero attached hydrogens (tertiary/aromatic N) is 1. The second-order valence-corrected chi connectivity index (χ2v) is 2.50. The Bertz CT molecular complexity index is 162. The molecule has 0 aromatic rings. The SMILES string of the molecule is C=C(C#N)C(N)C1CC1. The summed E-state index contributed by atoms with van der Waals surface area (Å²) in [4.78, 5) is 0. The standard InChI is InChI=1S/C7H10N2/c1-5(4-8)7(9)6-2-3-6/h6-7H,1-3,9H2. The van der Waals surface area contributed by atoms with E-state index < -0.39 is 0 Å². The first-order valence-corrected chi connectivity index (χ1v) is 3.10. The molecular formula is C7H10N2. The molecule has 1 unspecified atom stereocenters. The van der Waals surface area contributed by atoms with Crippen molar-refractivity contribution >= 4 is 0 Å². The second-order valence-electron chi connectivity index (χ2n) is 2.50. The van der Waals surface area contributed by atoms with Gasteiger partial charge in [-0.2, -0.15) is 5.26 Å². The van der Waals surface area contributed by atoms with Crippen molar-refractivity contribution in [3.63, 3.8) is 0 Å². The molecule has 0 aromatic heterocycles. The lowest BCUT2D eigenvalue weighted by atomic mass is 10.1. The Balaban J connectivity index is 2.42. The average molecular weight is 122 g/mol. The van der Waals surface area contributed by atoms with Gasteiger partial charge in [0.1, 0.15) is 0 Å². The van der Waals surface area contributed by atoms with Gasteiger partial charge in [-0.15, -0.1) is 0 Å². The molecule has 0 bridgehead atoms. The molecule has 2 N–H and O–H groups in total. The van der Waals surface area contributed by atoms with Crippen LogP contribution in [0.5, 0.6) is 0 Å². The van der Waals surface area contributed by atoms with Crippen molar-refractivity contribution in [2.24, 2.45) is 11.7 Å². The van der Waals surface area contributed by atoms with Crippen molar-refractivity contribution in [3.05, 3.63) is 12.2 Å². The Kier molecular flexibility index (Phi) is 1.54.